The zero-order valence-corrected chi connectivity index (χ0v) is 10.1. The predicted molar refractivity (Wildman–Crippen MR) is 67.1 cm³/mol. The largest absolute Gasteiger partial charge is 0.465 e. The Labute approximate surface area is 105 Å². The zero-order chi connectivity index (χ0) is 13.0. The molecule has 0 spiro atoms. The molecule has 5 heteroatoms. The van der Waals surface area contributed by atoms with Gasteiger partial charge in [0.05, 0.1) is 18.5 Å². The lowest BCUT2D eigenvalue weighted by Gasteiger charge is -2.07. The number of nitrogens with two attached hydrogens (primary N) is 1. The lowest BCUT2D eigenvalue weighted by Crippen LogP contribution is -2.23. The number of benzene rings is 1. The second-order valence-electron chi connectivity index (χ2n) is 3.78. The van der Waals surface area contributed by atoms with Crippen LogP contribution in [0.25, 0.3) is 5.69 Å². The molecular formula is C13H15N3O2. The number of esters is 1. The van der Waals surface area contributed by atoms with Crippen molar-refractivity contribution in [1.29, 1.82) is 0 Å². The first-order chi connectivity index (χ1) is 8.72. The van der Waals surface area contributed by atoms with Crippen molar-refractivity contribution in [3.8, 4) is 5.69 Å². The number of carbonyl (C=O) groups is 1. The van der Waals surface area contributed by atoms with E-state index in [-0.39, 0.29) is 0 Å². The lowest BCUT2D eigenvalue weighted by molar-refractivity contribution is -0.144. The third-order valence-electron chi connectivity index (χ3n) is 2.52. The molecule has 2 rings (SSSR count). The minimum atomic E-state index is -0.789. The van der Waals surface area contributed by atoms with Crippen molar-refractivity contribution in [2.45, 2.75) is 13.0 Å². The molecule has 0 aliphatic rings. The number of para-hydroxylation sites is 1. The van der Waals surface area contributed by atoms with Crippen LogP contribution in [0.4, 0.5) is 0 Å². The van der Waals surface area contributed by atoms with E-state index in [0.29, 0.717) is 12.2 Å². The van der Waals surface area contributed by atoms with E-state index in [4.69, 9.17) is 10.5 Å². The van der Waals surface area contributed by atoms with E-state index in [9.17, 15) is 4.79 Å². The quantitative estimate of drug-likeness (QED) is 0.827. The minimum absolute atomic E-state index is 0.319. The van der Waals surface area contributed by atoms with Crippen molar-refractivity contribution in [1.82, 2.24) is 9.78 Å². The molecule has 1 aromatic carbocycles. The van der Waals surface area contributed by atoms with Crippen LogP contribution in [-0.2, 0) is 9.53 Å². The first kappa shape index (κ1) is 12.3. The molecular weight excluding hydrogens is 230 g/mol. The summed E-state index contributed by atoms with van der Waals surface area (Å²) in [6.45, 7) is 2.07. The molecule has 94 valence electrons. The van der Waals surface area contributed by atoms with Crippen LogP contribution in [0.2, 0.25) is 0 Å². The number of nitrogens with zero attached hydrogens (tertiary/aromatic N) is 2. The Balaban J connectivity index is 2.18. The summed E-state index contributed by atoms with van der Waals surface area (Å²) in [5, 5.41) is 4.18. The van der Waals surface area contributed by atoms with Crippen LogP contribution < -0.4 is 5.73 Å². The van der Waals surface area contributed by atoms with Crippen LogP contribution in [0, 0.1) is 0 Å². The smallest absolute Gasteiger partial charge is 0.327 e. The van der Waals surface area contributed by atoms with Crippen LogP contribution in [0.3, 0.4) is 0 Å². The monoisotopic (exact) mass is 245 g/mol. The van der Waals surface area contributed by atoms with Crippen molar-refractivity contribution in [2.24, 2.45) is 5.73 Å². The molecule has 0 aliphatic carbocycles. The van der Waals surface area contributed by atoms with Gasteiger partial charge in [-0.25, -0.2) is 9.48 Å². The Morgan fingerprint density at radius 2 is 2.17 bits per heavy atom. The van der Waals surface area contributed by atoms with Gasteiger partial charge < -0.3 is 10.5 Å². The zero-order valence-electron chi connectivity index (χ0n) is 10.1. The van der Waals surface area contributed by atoms with Gasteiger partial charge in [0, 0.05) is 11.8 Å². The van der Waals surface area contributed by atoms with Crippen LogP contribution >= 0.6 is 0 Å². The highest BCUT2D eigenvalue weighted by atomic mass is 16.5. The standard InChI is InChI=1S/C13H15N3O2/c1-2-18-13(17)12(14)10-8-15-16(9-10)11-6-4-3-5-7-11/h3-9,12H,2,14H2,1H3. The van der Waals surface area contributed by atoms with Gasteiger partial charge in [0.25, 0.3) is 0 Å². The lowest BCUT2D eigenvalue weighted by atomic mass is 10.2. The van der Waals surface area contributed by atoms with Gasteiger partial charge in [-0.15, -0.1) is 0 Å². The molecule has 0 saturated carbocycles. The van der Waals surface area contributed by atoms with Gasteiger partial charge in [0.1, 0.15) is 6.04 Å². The molecule has 0 radical (unpaired) electrons. The molecule has 2 N–H and O–H groups in total. The topological polar surface area (TPSA) is 70.1 Å². The van der Waals surface area contributed by atoms with E-state index >= 15 is 0 Å². The molecule has 1 heterocycles. The molecule has 0 bridgehead atoms. The summed E-state index contributed by atoms with van der Waals surface area (Å²) in [5.74, 6) is -0.440. The maximum atomic E-state index is 11.5. The normalized spacial score (nSPS) is 12.1. The van der Waals surface area contributed by atoms with Gasteiger partial charge >= 0.3 is 5.97 Å². The van der Waals surface area contributed by atoms with Crippen molar-refractivity contribution in [3.05, 3.63) is 48.3 Å². The van der Waals surface area contributed by atoms with Crippen LogP contribution in [0.5, 0.6) is 0 Å². The number of rotatable bonds is 4. The average molecular weight is 245 g/mol. The Kier molecular flexibility index (Phi) is 3.74. The fourth-order valence-corrected chi connectivity index (χ4v) is 1.59. The Morgan fingerprint density at radius 3 is 2.83 bits per heavy atom. The van der Waals surface area contributed by atoms with Crippen molar-refractivity contribution in [2.75, 3.05) is 6.61 Å². The number of aromatic nitrogens is 2. The van der Waals surface area contributed by atoms with Gasteiger partial charge in [0.2, 0.25) is 0 Å². The van der Waals surface area contributed by atoms with Gasteiger partial charge in [-0.05, 0) is 19.1 Å². The predicted octanol–water partition coefficient (Wildman–Crippen LogP) is 1.44. The summed E-state index contributed by atoms with van der Waals surface area (Å²) in [6.07, 6.45) is 3.31. The summed E-state index contributed by atoms with van der Waals surface area (Å²) in [5.41, 5.74) is 7.34. The van der Waals surface area contributed by atoms with E-state index in [1.807, 2.05) is 30.3 Å². The van der Waals surface area contributed by atoms with Gasteiger partial charge in [-0.3, -0.25) is 0 Å². The molecule has 0 aliphatic heterocycles. The molecule has 0 fully saturated rings. The Hall–Kier alpha value is -2.14. The van der Waals surface area contributed by atoms with Gasteiger partial charge in [-0.1, -0.05) is 18.2 Å². The number of hydrogen-bond donors (Lipinski definition) is 1. The Bertz CT molecular complexity index is 522. The highest BCUT2D eigenvalue weighted by Crippen LogP contribution is 2.14. The third-order valence-corrected chi connectivity index (χ3v) is 2.52. The molecule has 1 aromatic heterocycles. The fourth-order valence-electron chi connectivity index (χ4n) is 1.59. The van der Waals surface area contributed by atoms with E-state index < -0.39 is 12.0 Å². The molecule has 5 nitrogen and oxygen atoms in total. The second-order valence-corrected chi connectivity index (χ2v) is 3.78. The Morgan fingerprint density at radius 1 is 1.44 bits per heavy atom. The highest BCUT2D eigenvalue weighted by Gasteiger charge is 2.18. The summed E-state index contributed by atoms with van der Waals surface area (Å²) in [7, 11) is 0. The summed E-state index contributed by atoms with van der Waals surface area (Å²) in [4.78, 5) is 11.5. The highest BCUT2D eigenvalue weighted by molar-refractivity contribution is 5.77. The van der Waals surface area contributed by atoms with E-state index in [2.05, 4.69) is 5.10 Å². The van der Waals surface area contributed by atoms with Crippen LogP contribution in [-0.4, -0.2) is 22.4 Å². The summed E-state index contributed by atoms with van der Waals surface area (Å²) >= 11 is 0. The third kappa shape index (κ3) is 2.57. The first-order valence-electron chi connectivity index (χ1n) is 5.74. The maximum absolute atomic E-state index is 11.5. The molecule has 0 amide bonds. The fraction of sp³-hybridized carbons (Fsp3) is 0.231. The number of carbonyl (C=O) groups excluding carboxylic acids is 1. The van der Waals surface area contributed by atoms with Crippen molar-refractivity contribution < 1.29 is 9.53 Å². The van der Waals surface area contributed by atoms with E-state index in [1.165, 1.54) is 0 Å². The second kappa shape index (κ2) is 5.46. The van der Waals surface area contributed by atoms with Gasteiger partial charge in [0.15, 0.2) is 0 Å². The van der Waals surface area contributed by atoms with Crippen LogP contribution in [0.1, 0.15) is 18.5 Å². The van der Waals surface area contributed by atoms with E-state index in [0.717, 1.165) is 5.69 Å². The first-order valence-corrected chi connectivity index (χ1v) is 5.74. The number of hydrogen-bond acceptors (Lipinski definition) is 4. The minimum Gasteiger partial charge on any atom is -0.465 e. The number of ether oxygens (including phenoxy) is 1. The summed E-state index contributed by atoms with van der Waals surface area (Å²) in [6, 6.07) is 8.82. The average Bonchev–Trinajstić information content (AvgIpc) is 2.89. The summed E-state index contributed by atoms with van der Waals surface area (Å²) < 4.78 is 6.55. The SMILES string of the molecule is CCOC(=O)C(N)c1cnn(-c2ccccc2)c1. The van der Waals surface area contributed by atoms with E-state index in [1.54, 1.807) is 24.0 Å². The van der Waals surface area contributed by atoms with Crippen molar-refractivity contribution in [3.63, 3.8) is 0 Å². The maximum Gasteiger partial charge on any atom is 0.327 e. The van der Waals surface area contributed by atoms with Crippen molar-refractivity contribution >= 4 is 5.97 Å². The molecule has 1 atom stereocenters. The van der Waals surface area contributed by atoms with Gasteiger partial charge in [-0.2, -0.15) is 5.10 Å². The molecule has 18 heavy (non-hydrogen) atoms. The molecule has 1 unspecified atom stereocenters. The molecule has 2 aromatic rings. The van der Waals surface area contributed by atoms with Crippen LogP contribution in [0.15, 0.2) is 42.7 Å². The molecule has 0 saturated heterocycles.